The fourth-order valence-electron chi connectivity index (χ4n) is 2.80. The zero-order valence-corrected chi connectivity index (χ0v) is 11.4. The summed E-state index contributed by atoms with van der Waals surface area (Å²) in [6, 6.07) is 6.18. The van der Waals surface area contributed by atoms with Crippen LogP contribution < -0.4 is 11.1 Å². The maximum Gasteiger partial charge on any atom is 0.192 e. The van der Waals surface area contributed by atoms with E-state index in [-0.39, 0.29) is 0 Å². The van der Waals surface area contributed by atoms with Gasteiger partial charge >= 0.3 is 0 Å². The van der Waals surface area contributed by atoms with Gasteiger partial charge in [-0.25, -0.2) is 4.98 Å². The lowest BCUT2D eigenvalue weighted by Crippen LogP contribution is -2.45. The third-order valence-electron chi connectivity index (χ3n) is 4.24. The molecule has 0 spiro atoms. The molecule has 0 atom stereocenters. The monoisotopic (exact) mass is 259 g/mol. The van der Waals surface area contributed by atoms with Gasteiger partial charge in [0.2, 0.25) is 0 Å². The standard InChI is InChI=1S/C15H21N3O/c1-11-18-13-7-12(3-4-14(13)19-11)8-17-10-15(9-16)5-2-6-15/h3-4,7,17H,2,5-6,8-10,16H2,1H3. The van der Waals surface area contributed by atoms with E-state index in [1.165, 1.54) is 24.8 Å². The van der Waals surface area contributed by atoms with Crippen molar-refractivity contribution in [3.8, 4) is 0 Å². The van der Waals surface area contributed by atoms with Crippen molar-refractivity contribution in [3.63, 3.8) is 0 Å². The van der Waals surface area contributed by atoms with Crippen LogP contribution in [0.15, 0.2) is 22.6 Å². The van der Waals surface area contributed by atoms with Crippen molar-refractivity contribution in [1.29, 1.82) is 0 Å². The summed E-state index contributed by atoms with van der Waals surface area (Å²) in [5.74, 6) is 0.719. The first-order valence-electron chi connectivity index (χ1n) is 6.98. The fraction of sp³-hybridized carbons (Fsp3) is 0.533. The average molecular weight is 259 g/mol. The minimum atomic E-state index is 0.356. The van der Waals surface area contributed by atoms with Crippen LogP contribution in [0.5, 0.6) is 0 Å². The number of hydrogen-bond donors (Lipinski definition) is 2. The van der Waals surface area contributed by atoms with E-state index in [2.05, 4.69) is 22.4 Å². The van der Waals surface area contributed by atoms with Crippen molar-refractivity contribution in [2.24, 2.45) is 11.1 Å². The molecule has 1 saturated carbocycles. The number of nitrogens with two attached hydrogens (primary N) is 1. The first kappa shape index (κ1) is 12.6. The lowest BCUT2D eigenvalue weighted by Gasteiger charge is -2.41. The lowest BCUT2D eigenvalue weighted by atomic mass is 9.69. The summed E-state index contributed by atoms with van der Waals surface area (Å²) < 4.78 is 5.48. The van der Waals surface area contributed by atoms with E-state index < -0.39 is 0 Å². The summed E-state index contributed by atoms with van der Waals surface area (Å²) in [5.41, 5.74) is 9.26. The zero-order valence-electron chi connectivity index (χ0n) is 11.4. The first-order chi connectivity index (χ1) is 9.21. The van der Waals surface area contributed by atoms with Crippen LogP contribution in [0, 0.1) is 12.3 Å². The molecule has 1 fully saturated rings. The molecule has 1 aliphatic rings. The molecule has 102 valence electrons. The molecule has 3 rings (SSSR count). The Morgan fingerprint density at radius 2 is 2.26 bits per heavy atom. The molecule has 0 unspecified atom stereocenters. The Morgan fingerprint density at radius 3 is 2.95 bits per heavy atom. The SMILES string of the molecule is Cc1nc2cc(CNCC3(CN)CCC3)ccc2o1. The molecule has 1 aromatic heterocycles. The summed E-state index contributed by atoms with van der Waals surface area (Å²) in [6.45, 7) is 4.55. The van der Waals surface area contributed by atoms with Crippen LogP contribution in [0.3, 0.4) is 0 Å². The van der Waals surface area contributed by atoms with Crippen LogP contribution in [0.4, 0.5) is 0 Å². The van der Waals surface area contributed by atoms with Gasteiger partial charge in [0, 0.05) is 20.0 Å². The molecule has 1 aliphatic carbocycles. The van der Waals surface area contributed by atoms with Gasteiger partial charge in [-0.1, -0.05) is 12.5 Å². The summed E-state index contributed by atoms with van der Waals surface area (Å²) in [4.78, 5) is 4.36. The van der Waals surface area contributed by atoms with Gasteiger partial charge in [-0.2, -0.15) is 0 Å². The van der Waals surface area contributed by atoms with Gasteiger partial charge in [-0.3, -0.25) is 0 Å². The lowest BCUT2D eigenvalue weighted by molar-refractivity contribution is 0.141. The van der Waals surface area contributed by atoms with E-state index in [1.807, 2.05) is 13.0 Å². The van der Waals surface area contributed by atoms with Gasteiger partial charge in [0.25, 0.3) is 0 Å². The van der Waals surface area contributed by atoms with E-state index in [4.69, 9.17) is 10.2 Å². The molecule has 2 aromatic rings. The Kier molecular flexibility index (Phi) is 3.29. The summed E-state index contributed by atoms with van der Waals surface area (Å²) in [6.07, 6.45) is 3.85. The Labute approximate surface area is 113 Å². The topological polar surface area (TPSA) is 64.1 Å². The van der Waals surface area contributed by atoms with E-state index in [0.29, 0.717) is 5.41 Å². The maximum atomic E-state index is 5.86. The van der Waals surface area contributed by atoms with Crippen molar-refractivity contribution in [3.05, 3.63) is 29.7 Å². The zero-order chi connectivity index (χ0) is 13.3. The van der Waals surface area contributed by atoms with Crippen molar-refractivity contribution in [1.82, 2.24) is 10.3 Å². The van der Waals surface area contributed by atoms with E-state index in [0.717, 1.165) is 36.6 Å². The number of hydrogen-bond acceptors (Lipinski definition) is 4. The second-order valence-corrected chi connectivity index (χ2v) is 5.70. The number of aryl methyl sites for hydroxylation is 1. The number of oxazole rings is 1. The van der Waals surface area contributed by atoms with Gasteiger partial charge < -0.3 is 15.5 Å². The number of fused-ring (bicyclic) bond motifs is 1. The van der Waals surface area contributed by atoms with Crippen LogP contribution in [0.25, 0.3) is 11.1 Å². The summed E-state index contributed by atoms with van der Waals surface area (Å²) in [5, 5.41) is 3.53. The fourth-order valence-corrected chi connectivity index (χ4v) is 2.80. The quantitative estimate of drug-likeness (QED) is 0.865. The van der Waals surface area contributed by atoms with Gasteiger partial charge in [-0.15, -0.1) is 0 Å². The molecule has 19 heavy (non-hydrogen) atoms. The number of benzene rings is 1. The Balaban J connectivity index is 1.62. The molecule has 1 heterocycles. The minimum absolute atomic E-state index is 0.356. The smallest absolute Gasteiger partial charge is 0.192 e. The van der Waals surface area contributed by atoms with Crippen LogP contribution in [0.1, 0.15) is 30.7 Å². The molecule has 0 amide bonds. The Morgan fingerprint density at radius 1 is 1.42 bits per heavy atom. The summed E-state index contributed by atoms with van der Waals surface area (Å²) >= 11 is 0. The van der Waals surface area contributed by atoms with Gasteiger partial charge in [-0.05, 0) is 42.5 Å². The third kappa shape index (κ3) is 2.51. The largest absolute Gasteiger partial charge is 0.441 e. The molecule has 3 N–H and O–H groups in total. The minimum Gasteiger partial charge on any atom is -0.441 e. The van der Waals surface area contributed by atoms with E-state index >= 15 is 0 Å². The highest BCUT2D eigenvalue weighted by atomic mass is 16.3. The van der Waals surface area contributed by atoms with Crippen LogP contribution >= 0.6 is 0 Å². The van der Waals surface area contributed by atoms with Crippen LogP contribution in [0.2, 0.25) is 0 Å². The third-order valence-corrected chi connectivity index (χ3v) is 4.24. The molecule has 0 bridgehead atoms. The van der Waals surface area contributed by atoms with Gasteiger partial charge in [0.15, 0.2) is 11.5 Å². The molecule has 0 aliphatic heterocycles. The molecule has 0 radical (unpaired) electrons. The molecule has 0 saturated heterocycles. The van der Waals surface area contributed by atoms with Gasteiger partial charge in [0.05, 0.1) is 0 Å². The number of rotatable bonds is 5. The molecule has 1 aromatic carbocycles. The second kappa shape index (κ2) is 4.94. The molecule has 4 nitrogen and oxygen atoms in total. The highest BCUT2D eigenvalue weighted by Crippen LogP contribution is 2.39. The van der Waals surface area contributed by atoms with Crippen molar-refractivity contribution < 1.29 is 4.42 Å². The molecule has 4 heteroatoms. The highest BCUT2D eigenvalue weighted by Gasteiger charge is 2.34. The second-order valence-electron chi connectivity index (χ2n) is 5.70. The van der Waals surface area contributed by atoms with Gasteiger partial charge in [0.1, 0.15) is 5.52 Å². The van der Waals surface area contributed by atoms with Crippen LogP contribution in [-0.4, -0.2) is 18.1 Å². The molecular weight excluding hydrogens is 238 g/mol. The predicted molar refractivity (Wildman–Crippen MR) is 75.8 cm³/mol. The van der Waals surface area contributed by atoms with E-state index in [9.17, 15) is 0 Å². The highest BCUT2D eigenvalue weighted by molar-refractivity contribution is 5.73. The normalized spacial score (nSPS) is 17.6. The average Bonchev–Trinajstić information content (AvgIpc) is 2.72. The molecular formula is C15H21N3O. The van der Waals surface area contributed by atoms with Crippen LogP contribution in [-0.2, 0) is 6.54 Å². The summed E-state index contributed by atoms with van der Waals surface area (Å²) in [7, 11) is 0. The number of aromatic nitrogens is 1. The Bertz CT molecular complexity index is 566. The number of nitrogens with zero attached hydrogens (tertiary/aromatic N) is 1. The van der Waals surface area contributed by atoms with Crippen molar-refractivity contribution in [2.45, 2.75) is 32.7 Å². The van der Waals surface area contributed by atoms with E-state index in [1.54, 1.807) is 0 Å². The Hall–Kier alpha value is -1.39. The first-order valence-corrected chi connectivity index (χ1v) is 6.98. The van der Waals surface area contributed by atoms with Crippen molar-refractivity contribution >= 4 is 11.1 Å². The number of nitrogens with one attached hydrogen (secondary N) is 1. The predicted octanol–water partition coefficient (Wildman–Crippen LogP) is 2.35. The van der Waals surface area contributed by atoms with Crippen molar-refractivity contribution in [2.75, 3.05) is 13.1 Å². The maximum absolute atomic E-state index is 5.86.